The van der Waals surface area contributed by atoms with E-state index in [1.807, 2.05) is 30.3 Å². The van der Waals surface area contributed by atoms with Crippen LogP contribution in [0.3, 0.4) is 0 Å². The normalized spacial score (nSPS) is 17.1. The van der Waals surface area contributed by atoms with Crippen molar-refractivity contribution in [3.63, 3.8) is 0 Å². The lowest BCUT2D eigenvalue weighted by atomic mass is 9.98. The standard InChI is InChI=1S/C22H21N3O2/c26-22(27)19-5-2-1-4-18(19)17-9-7-16(8-10-17)14-25-13-3-6-21(25)20-11-12-23-15-24-20/h1-2,4-5,7-12,15,21H,3,6,13-14H2,(H,26,27)/t21-/m0/s1. The number of aromatic nitrogens is 2. The van der Waals surface area contributed by atoms with Gasteiger partial charge in [0.25, 0.3) is 0 Å². The molecule has 0 spiro atoms. The van der Waals surface area contributed by atoms with Crippen molar-refractivity contribution in [2.75, 3.05) is 6.54 Å². The van der Waals surface area contributed by atoms with Crippen LogP contribution in [0.2, 0.25) is 0 Å². The van der Waals surface area contributed by atoms with Gasteiger partial charge >= 0.3 is 5.97 Å². The van der Waals surface area contributed by atoms with Crippen molar-refractivity contribution in [1.82, 2.24) is 14.9 Å². The minimum absolute atomic E-state index is 0.327. The Balaban J connectivity index is 1.53. The van der Waals surface area contributed by atoms with E-state index in [1.54, 1.807) is 24.7 Å². The molecule has 1 aliphatic heterocycles. The third-order valence-corrected chi connectivity index (χ3v) is 5.12. The first-order chi connectivity index (χ1) is 13.2. The van der Waals surface area contributed by atoms with Gasteiger partial charge in [-0.3, -0.25) is 4.90 Å². The highest BCUT2D eigenvalue weighted by molar-refractivity contribution is 5.95. The van der Waals surface area contributed by atoms with Crippen LogP contribution in [0.5, 0.6) is 0 Å². The summed E-state index contributed by atoms with van der Waals surface area (Å²) in [4.78, 5) is 22.3. The van der Waals surface area contributed by atoms with E-state index in [4.69, 9.17) is 0 Å². The second-order valence-corrected chi connectivity index (χ2v) is 6.81. The number of hydrogen-bond donors (Lipinski definition) is 1. The quantitative estimate of drug-likeness (QED) is 0.740. The summed E-state index contributed by atoms with van der Waals surface area (Å²) in [5.41, 5.74) is 4.29. The molecule has 4 rings (SSSR count). The van der Waals surface area contributed by atoms with Crippen LogP contribution in [-0.4, -0.2) is 32.5 Å². The number of carboxylic acid groups (broad SMARTS) is 1. The van der Waals surface area contributed by atoms with Gasteiger partial charge in [0.05, 0.1) is 17.3 Å². The Labute approximate surface area is 158 Å². The van der Waals surface area contributed by atoms with Crippen molar-refractivity contribution in [3.05, 3.63) is 83.9 Å². The molecule has 0 aliphatic carbocycles. The van der Waals surface area contributed by atoms with Crippen LogP contribution in [0, 0.1) is 0 Å². The second kappa shape index (κ2) is 7.68. The Morgan fingerprint density at radius 3 is 2.67 bits per heavy atom. The first-order valence-corrected chi connectivity index (χ1v) is 9.14. The number of carbonyl (C=O) groups is 1. The maximum absolute atomic E-state index is 11.4. The maximum Gasteiger partial charge on any atom is 0.336 e. The molecule has 1 N–H and O–H groups in total. The van der Waals surface area contributed by atoms with Gasteiger partial charge in [0.2, 0.25) is 0 Å². The molecule has 3 aromatic rings. The summed E-state index contributed by atoms with van der Waals surface area (Å²) in [6.45, 7) is 1.91. The fourth-order valence-electron chi connectivity index (χ4n) is 3.79. The van der Waals surface area contributed by atoms with Gasteiger partial charge in [-0.15, -0.1) is 0 Å². The van der Waals surface area contributed by atoms with E-state index in [1.165, 1.54) is 12.0 Å². The molecule has 2 heterocycles. The molecule has 1 fully saturated rings. The number of benzene rings is 2. The molecule has 5 heteroatoms. The van der Waals surface area contributed by atoms with Gasteiger partial charge in [-0.05, 0) is 48.2 Å². The fourth-order valence-corrected chi connectivity index (χ4v) is 3.79. The molecular weight excluding hydrogens is 338 g/mol. The zero-order valence-electron chi connectivity index (χ0n) is 15.0. The smallest absolute Gasteiger partial charge is 0.336 e. The van der Waals surface area contributed by atoms with Crippen LogP contribution < -0.4 is 0 Å². The van der Waals surface area contributed by atoms with Crippen molar-refractivity contribution in [1.29, 1.82) is 0 Å². The van der Waals surface area contributed by atoms with Crippen molar-refractivity contribution >= 4 is 5.97 Å². The summed E-state index contributed by atoms with van der Waals surface area (Å²) in [5.74, 6) is -0.903. The molecule has 0 unspecified atom stereocenters. The van der Waals surface area contributed by atoms with E-state index in [2.05, 4.69) is 27.0 Å². The van der Waals surface area contributed by atoms with Crippen LogP contribution in [0.1, 0.15) is 40.5 Å². The van der Waals surface area contributed by atoms with Crippen molar-refractivity contribution in [2.45, 2.75) is 25.4 Å². The van der Waals surface area contributed by atoms with Crippen molar-refractivity contribution in [2.24, 2.45) is 0 Å². The topological polar surface area (TPSA) is 66.3 Å². The van der Waals surface area contributed by atoms with E-state index < -0.39 is 5.97 Å². The number of carboxylic acids is 1. The lowest BCUT2D eigenvalue weighted by Crippen LogP contribution is -2.23. The second-order valence-electron chi connectivity index (χ2n) is 6.81. The Morgan fingerprint density at radius 2 is 1.93 bits per heavy atom. The van der Waals surface area contributed by atoms with Gasteiger partial charge in [-0.25, -0.2) is 14.8 Å². The number of rotatable bonds is 5. The molecule has 0 radical (unpaired) electrons. The third kappa shape index (κ3) is 3.73. The van der Waals surface area contributed by atoms with Gasteiger partial charge in [-0.1, -0.05) is 42.5 Å². The average Bonchev–Trinajstić information content (AvgIpc) is 3.17. The monoisotopic (exact) mass is 359 g/mol. The number of nitrogens with zero attached hydrogens (tertiary/aromatic N) is 3. The van der Waals surface area contributed by atoms with E-state index >= 15 is 0 Å². The van der Waals surface area contributed by atoms with Crippen LogP contribution in [-0.2, 0) is 6.54 Å². The molecule has 1 atom stereocenters. The molecule has 0 saturated carbocycles. The highest BCUT2D eigenvalue weighted by atomic mass is 16.4. The summed E-state index contributed by atoms with van der Waals surface area (Å²) in [7, 11) is 0. The predicted molar refractivity (Wildman–Crippen MR) is 103 cm³/mol. The lowest BCUT2D eigenvalue weighted by Gasteiger charge is -2.24. The van der Waals surface area contributed by atoms with E-state index in [9.17, 15) is 9.90 Å². The average molecular weight is 359 g/mol. The summed E-state index contributed by atoms with van der Waals surface area (Å²) < 4.78 is 0. The van der Waals surface area contributed by atoms with Gasteiger partial charge in [0, 0.05) is 12.7 Å². The number of likely N-dealkylation sites (tertiary alicyclic amines) is 1. The fraction of sp³-hybridized carbons (Fsp3) is 0.227. The van der Waals surface area contributed by atoms with E-state index in [0.717, 1.165) is 36.3 Å². The maximum atomic E-state index is 11.4. The molecule has 0 amide bonds. The largest absolute Gasteiger partial charge is 0.478 e. The molecule has 1 aromatic heterocycles. The Morgan fingerprint density at radius 1 is 1.11 bits per heavy atom. The Hall–Kier alpha value is -3.05. The van der Waals surface area contributed by atoms with Crippen molar-refractivity contribution < 1.29 is 9.90 Å². The molecular formula is C22H21N3O2. The summed E-state index contributed by atoms with van der Waals surface area (Å²) in [5, 5.41) is 9.39. The summed E-state index contributed by atoms with van der Waals surface area (Å²) >= 11 is 0. The summed E-state index contributed by atoms with van der Waals surface area (Å²) in [6, 6.07) is 17.6. The molecule has 136 valence electrons. The minimum atomic E-state index is -0.903. The minimum Gasteiger partial charge on any atom is -0.478 e. The van der Waals surface area contributed by atoms with Crippen LogP contribution in [0.25, 0.3) is 11.1 Å². The Kier molecular flexibility index (Phi) is 4.94. The van der Waals surface area contributed by atoms with Crippen molar-refractivity contribution in [3.8, 4) is 11.1 Å². The molecule has 1 aliphatic rings. The van der Waals surface area contributed by atoms with Gasteiger partial charge < -0.3 is 5.11 Å². The van der Waals surface area contributed by atoms with Gasteiger partial charge in [0.15, 0.2) is 0 Å². The van der Waals surface area contributed by atoms with E-state index in [-0.39, 0.29) is 0 Å². The predicted octanol–water partition coefficient (Wildman–Crippen LogP) is 4.18. The van der Waals surface area contributed by atoms with Crippen LogP contribution in [0.15, 0.2) is 67.1 Å². The highest BCUT2D eigenvalue weighted by Gasteiger charge is 2.26. The molecule has 5 nitrogen and oxygen atoms in total. The Bertz CT molecular complexity index is 926. The van der Waals surface area contributed by atoms with Gasteiger partial charge in [0.1, 0.15) is 6.33 Å². The first-order valence-electron chi connectivity index (χ1n) is 9.14. The van der Waals surface area contributed by atoms with Crippen LogP contribution in [0.4, 0.5) is 0 Å². The van der Waals surface area contributed by atoms with E-state index in [0.29, 0.717) is 11.6 Å². The first kappa shape index (κ1) is 17.4. The number of hydrogen-bond acceptors (Lipinski definition) is 4. The molecule has 1 saturated heterocycles. The molecule has 27 heavy (non-hydrogen) atoms. The lowest BCUT2D eigenvalue weighted by molar-refractivity contribution is 0.0697. The van der Waals surface area contributed by atoms with Gasteiger partial charge in [-0.2, -0.15) is 0 Å². The summed E-state index contributed by atoms with van der Waals surface area (Å²) in [6.07, 6.45) is 5.69. The van der Waals surface area contributed by atoms with Crippen LogP contribution >= 0.6 is 0 Å². The SMILES string of the molecule is O=C(O)c1ccccc1-c1ccc(CN2CCC[C@H]2c2ccncn2)cc1. The highest BCUT2D eigenvalue weighted by Crippen LogP contribution is 2.32. The zero-order chi connectivity index (χ0) is 18.6. The number of aromatic carboxylic acids is 1. The molecule has 2 aromatic carbocycles. The zero-order valence-corrected chi connectivity index (χ0v) is 15.0. The third-order valence-electron chi connectivity index (χ3n) is 5.12. The molecule has 0 bridgehead atoms.